The Morgan fingerprint density at radius 3 is 2.03 bits per heavy atom. The monoisotopic (exact) mass is 380 g/mol. The van der Waals surface area contributed by atoms with E-state index in [0.29, 0.717) is 0 Å². The van der Waals surface area contributed by atoms with Gasteiger partial charge in [-0.2, -0.15) is 0 Å². The van der Waals surface area contributed by atoms with E-state index in [-0.39, 0.29) is 0 Å². The maximum atomic E-state index is 6.59. The van der Waals surface area contributed by atoms with Crippen LogP contribution in [0.25, 0.3) is 32.7 Å². The van der Waals surface area contributed by atoms with Crippen LogP contribution in [0.5, 0.6) is 0 Å². The fraction of sp³-hybridized carbons (Fsp3) is 0.259. The minimum Gasteiger partial charge on any atom is -0.398 e. The fourth-order valence-electron chi connectivity index (χ4n) is 4.90. The first-order valence-corrected chi connectivity index (χ1v) is 10.8. The van der Waals surface area contributed by atoms with Gasteiger partial charge in [0.25, 0.3) is 0 Å². The van der Waals surface area contributed by atoms with Crippen molar-refractivity contribution < 1.29 is 0 Å². The van der Waals surface area contributed by atoms with E-state index in [1.54, 1.807) is 0 Å². The van der Waals surface area contributed by atoms with Gasteiger partial charge in [-0.1, -0.05) is 79.9 Å². The molecule has 29 heavy (non-hydrogen) atoms. The maximum absolute atomic E-state index is 6.59. The molecule has 4 aromatic rings. The molecule has 0 atom stereocenters. The average molecular weight is 381 g/mol. The van der Waals surface area contributed by atoms with Crippen molar-refractivity contribution in [2.24, 2.45) is 5.92 Å². The minimum absolute atomic E-state index is 0.771. The Bertz CT molecular complexity index is 1160. The third kappa shape index (κ3) is 3.44. The van der Waals surface area contributed by atoms with Crippen LogP contribution in [0, 0.1) is 5.92 Å². The average Bonchev–Trinajstić information content (AvgIpc) is 2.78. The quantitative estimate of drug-likeness (QED) is 0.366. The minimum atomic E-state index is 0.771. The van der Waals surface area contributed by atoms with Crippen LogP contribution in [0.15, 0.2) is 72.8 Å². The second kappa shape index (κ2) is 7.79. The highest BCUT2D eigenvalue weighted by molar-refractivity contribution is 6.13. The normalized spacial score (nSPS) is 15.0. The SMILES string of the molecule is Nc1ccc2ccccc2c1-c1c(NCC2CCCCC2)ccc2ccccc12. The largest absolute Gasteiger partial charge is 0.398 e. The summed E-state index contributed by atoms with van der Waals surface area (Å²) >= 11 is 0. The molecule has 0 aliphatic heterocycles. The van der Waals surface area contributed by atoms with E-state index in [2.05, 4.69) is 72.0 Å². The van der Waals surface area contributed by atoms with Crippen LogP contribution in [-0.2, 0) is 0 Å². The molecule has 4 aromatic carbocycles. The van der Waals surface area contributed by atoms with Crippen molar-refractivity contribution >= 4 is 32.9 Å². The van der Waals surface area contributed by atoms with Crippen LogP contribution in [0.2, 0.25) is 0 Å². The summed E-state index contributed by atoms with van der Waals surface area (Å²) in [4.78, 5) is 0. The molecule has 1 fully saturated rings. The third-order valence-electron chi connectivity index (χ3n) is 6.45. The Hall–Kier alpha value is -3.00. The van der Waals surface area contributed by atoms with E-state index in [4.69, 9.17) is 5.73 Å². The summed E-state index contributed by atoms with van der Waals surface area (Å²) in [7, 11) is 0. The van der Waals surface area contributed by atoms with E-state index in [9.17, 15) is 0 Å². The van der Waals surface area contributed by atoms with Gasteiger partial charge in [0.15, 0.2) is 0 Å². The Labute approximate surface area is 172 Å². The summed E-state index contributed by atoms with van der Waals surface area (Å²) in [6, 6.07) is 25.8. The van der Waals surface area contributed by atoms with Crippen molar-refractivity contribution in [2.45, 2.75) is 32.1 Å². The Morgan fingerprint density at radius 2 is 1.31 bits per heavy atom. The maximum Gasteiger partial charge on any atom is 0.0427 e. The van der Waals surface area contributed by atoms with Crippen molar-refractivity contribution in [2.75, 3.05) is 17.6 Å². The van der Waals surface area contributed by atoms with E-state index in [0.717, 1.165) is 23.7 Å². The van der Waals surface area contributed by atoms with Crippen molar-refractivity contribution in [3.8, 4) is 11.1 Å². The van der Waals surface area contributed by atoms with Gasteiger partial charge in [0, 0.05) is 29.0 Å². The number of anilines is 2. The number of hydrogen-bond acceptors (Lipinski definition) is 2. The Kier molecular flexibility index (Phi) is 4.85. The predicted octanol–water partition coefficient (Wildman–Crippen LogP) is 7.23. The van der Waals surface area contributed by atoms with E-state index >= 15 is 0 Å². The van der Waals surface area contributed by atoms with Crippen LogP contribution < -0.4 is 11.1 Å². The molecule has 2 nitrogen and oxygen atoms in total. The second-order valence-electron chi connectivity index (χ2n) is 8.35. The first-order valence-electron chi connectivity index (χ1n) is 10.8. The van der Waals surface area contributed by atoms with Crippen LogP contribution in [0.1, 0.15) is 32.1 Å². The van der Waals surface area contributed by atoms with Crippen LogP contribution in [0.4, 0.5) is 11.4 Å². The van der Waals surface area contributed by atoms with E-state index < -0.39 is 0 Å². The van der Waals surface area contributed by atoms with Crippen molar-refractivity contribution in [3.05, 3.63) is 72.8 Å². The molecule has 0 aromatic heterocycles. The first-order chi connectivity index (χ1) is 14.3. The number of benzene rings is 4. The Balaban J connectivity index is 1.68. The third-order valence-corrected chi connectivity index (χ3v) is 6.45. The molecule has 1 aliphatic rings. The van der Waals surface area contributed by atoms with Gasteiger partial charge in [0.2, 0.25) is 0 Å². The lowest BCUT2D eigenvalue weighted by atomic mass is 9.88. The lowest BCUT2D eigenvalue weighted by Gasteiger charge is -2.24. The van der Waals surface area contributed by atoms with Crippen LogP contribution in [0.3, 0.4) is 0 Å². The van der Waals surface area contributed by atoms with Gasteiger partial charge in [0.05, 0.1) is 0 Å². The van der Waals surface area contributed by atoms with Crippen molar-refractivity contribution in [1.29, 1.82) is 0 Å². The number of nitrogen functional groups attached to an aromatic ring is 1. The summed E-state index contributed by atoms with van der Waals surface area (Å²) in [5, 5.41) is 8.75. The summed E-state index contributed by atoms with van der Waals surface area (Å²) in [5.41, 5.74) is 11.0. The van der Waals surface area contributed by atoms with Gasteiger partial charge in [-0.3, -0.25) is 0 Å². The van der Waals surface area contributed by atoms with Crippen molar-refractivity contribution in [3.63, 3.8) is 0 Å². The molecule has 5 rings (SSSR count). The molecule has 0 unspecified atom stereocenters. The van der Waals surface area contributed by atoms with E-state index in [1.807, 2.05) is 6.07 Å². The molecule has 0 saturated heterocycles. The first kappa shape index (κ1) is 18.1. The molecular weight excluding hydrogens is 352 g/mol. The molecule has 146 valence electrons. The summed E-state index contributed by atoms with van der Waals surface area (Å²) in [6.07, 6.45) is 6.81. The predicted molar refractivity (Wildman–Crippen MR) is 126 cm³/mol. The molecule has 1 saturated carbocycles. The van der Waals surface area contributed by atoms with Gasteiger partial charge in [-0.15, -0.1) is 0 Å². The zero-order valence-electron chi connectivity index (χ0n) is 16.8. The molecule has 1 aliphatic carbocycles. The highest BCUT2D eigenvalue weighted by atomic mass is 14.9. The van der Waals surface area contributed by atoms with Gasteiger partial charge < -0.3 is 11.1 Å². The standard InChI is InChI=1S/C27H28N2/c28-24-16-14-20-10-4-6-12-22(20)26(24)27-23-13-7-5-11-21(23)15-17-25(27)29-18-19-8-2-1-3-9-19/h4-7,10-17,19,29H,1-3,8-9,18,28H2. The van der Waals surface area contributed by atoms with Crippen LogP contribution in [-0.4, -0.2) is 6.54 Å². The molecule has 2 heteroatoms. The van der Waals surface area contributed by atoms with Crippen LogP contribution >= 0.6 is 0 Å². The lowest BCUT2D eigenvalue weighted by Crippen LogP contribution is -2.17. The number of hydrogen-bond donors (Lipinski definition) is 2. The topological polar surface area (TPSA) is 38.0 Å². The number of fused-ring (bicyclic) bond motifs is 2. The summed E-state index contributed by atoms with van der Waals surface area (Å²) < 4.78 is 0. The zero-order valence-corrected chi connectivity index (χ0v) is 16.8. The smallest absolute Gasteiger partial charge is 0.0427 e. The van der Waals surface area contributed by atoms with Gasteiger partial charge in [-0.05, 0) is 52.4 Å². The Morgan fingerprint density at radius 1 is 0.690 bits per heavy atom. The highest BCUT2D eigenvalue weighted by Gasteiger charge is 2.18. The number of rotatable bonds is 4. The molecule has 3 N–H and O–H groups in total. The van der Waals surface area contributed by atoms with Crippen molar-refractivity contribution in [1.82, 2.24) is 0 Å². The zero-order chi connectivity index (χ0) is 19.6. The van der Waals surface area contributed by atoms with Gasteiger partial charge in [-0.25, -0.2) is 0 Å². The van der Waals surface area contributed by atoms with Gasteiger partial charge in [0.1, 0.15) is 0 Å². The lowest BCUT2D eigenvalue weighted by molar-refractivity contribution is 0.373. The molecule has 0 amide bonds. The highest BCUT2D eigenvalue weighted by Crippen LogP contribution is 2.42. The number of nitrogens with one attached hydrogen (secondary N) is 1. The molecule has 0 heterocycles. The second-order valence-corrected chi connectivity index (χ2v) is 8.35. The molecule has 0 radical (unpaired) electrons. The van der Waals surface area contributed by atoms with Gasteiger partial charge >= 0.3 is 0 Å². The fourth-order valence-corrected chi connectivity index (χ4v) is 4.90. The van der Waals surface area contributed by atoms with E-state index in [1.165, 1.54) is 64.9 Å². The summed E-state index contributed by atoms with van der Waals surface area (Å²) in [5.74, 6) is 0.771. The number of nitrogens with two attached hydrogens (primary N) is 1. The molecular formula is C27H28N2. The molecule has 0 spiro atoms. The molecule has 0 bridgehead atoms. The summed E-state index contributed by atoms with van der Waals surface area (Å²) in [6.45, 7) is 1.04.